The molecule has 12 heteroatoms. The van der Waals surface area contributed by atoms with Gasteiger partial charge in [-0.05, 0) is 12.8 Å². The highest BCUT2D eigenvalue weighted by molar-refractivity contribution is 7.71. The largest absolute Gasteiger partial charge is 0.501 e. The zero-order valence-corrected chi connectivity index (χ0v) is 24.2. The monoisotopic (exact) mass is 556 g/mol. The van der Waals surface area contributed by atoms with Crippen LogP contribution in [0, 0.1) is 0 Å². The molecule has 0 atom stereocenters. The molecule has 6 aliphatic heterocycles. The molecule has 202 valence electrons. The van der Waals surface area contributed by atoms with E-state index in [1.54, 1.807) is 0 Å². The van der Waals surface area contributed by atoms with E-state index in [1.807, 2.05) is 30.3 Å². The summed E-state index contributed by atoms with van der Waals surface area (Å²) in [6, 6.07) is 11.4. The zero-order valence-electron chi connectivity index (χ0n) is 21.3. The number of hydrogen-bond donors (Lipinski definition) is 0. The van der Waals surface area contributed by atoms with E-state index in [1.165, 1.54) is 0 Å². The van der Waals surface area contributed by atoms with Gasteiger partial charge in [0.2, 0.25) is 0 Å². The van der Waals surface area contributed by atoms with Crippen LogP contribution in [-0.2, 0) is 31.1 Å². The molecule has 6 heterocycles. The van der Waals surface area contributed by atoms with E-state index in [0.29, 0.717) is 64.1 Å². The van der Waals surface area contributed by atoms with Gasteiger partial charge in [-0.25, -0.2) is 0 Å². The predicted octanol–water partition coefficient (Wildman–Crippen LogP) is 2.09. The molecule has 0 aromatic heterocycles. The predicted molar refractivity (Wildman–Crippen MR) is 142 cm³/mol. The van der Waals surface area contributed by atoms with Crippen molar-refractivity contribution < 1.29 is 31.1 Å². The molecule has 6 aliphatic rings. The summed E-state index contributed by atoms with van der Waals surface area (Å²) in [5.41, 5.74) is 0. The lowest BCUT2D eigenvalue weighted by Crippen LogP contribution is -2.55. The van der Waals surface area contributed by atoms with Gasteiger partial charge in [0.05, 0.1) is 39.6 Å². The van der Waals surface area contributed by atoms with Gasteiger partial charge in [0.15, 0.2) is 0 Å². The van der Waals surface area contributed by atoms with E-state index in [-0.39, 0.29) is 0 Å². The van der Waals surface area contributed by atoms with E-state index >= 15 is 0 Å². The quantitative estimate of drug-likeness (QED) is 0.336. The highest BCUT2D eigenvalue weighted by atomic mass is 31.2. The fraction of sp³-hybridized carbons (Fsp3) is 0.750. The van der Waals surface area contributed by atoms with Crippen molar-refractivity contribution in [3.05, 3.63) is 30.3 Å². The molecule has 1 aromatic rings. The van der Waals surface area contributed by atoms with Gasteiger partial charge in [-0.2, -0.15) is 0 Å². The molecule has 0 spiro atoms. The maximum Gasteiger partial charge on any atom is 0.501 e. The van der Waals surface area contributed by atoms with Crippen LogP contribution in [0.3, 0.4) is 0 Å². The van der Waals surface area contributed by atoms with Crippen LogP contribution < -0.4 is 5.30 Å². The van der Waals surface area contributed by atoms with Crippen molar-refractivity contribution in [1.82, 2.24) is 9.80 Å². The lowest BCUT2D eigenvalue weighted by Gasteiger charge is -2.38. The van der Waals surface area contributed by atoms with Gasteiger partial charge >= 0.3 is 17.6 Å². The minimum atomic E-state index is -2.72. The first-order chi connectivity index (χ1) is 17.6. The SMILES string of the molecule is O=P(CCC[Si]12OCCN(CCO1)CCO2)(CCC[Si]12OCCN(CCO1)CCO2)c1ccccc1. The van der Waals surface area contributed by atoms with E-state index in [0.717, 1.165) is 57.4 Å². The molecule has 0 saturated carbocycles. The standard InChI is InChI=1S/C24H41N2O7PSi2/c27-34(24-6-2-1-3-7-24,20-4-22-35-28-14-8-25(9-15-29-35)10-16-30-35)21-5-23-36-31-17-11-26(12-18-32-36)13-19-33-36/h1-3,6-7H,4-5,8-23H2. The van der Waals surface area contributed by atoms with Crippen molar-refractivity contribution >= 4 is 30.1 Å². The van der Waals surface area contributed by atoms with Crippen molar-refractivity contribution in [3.63, 3.8) is 0 Å². The van der Waals surface area contributed by atoms with Crippen LogP contribution >= 0.6 is 7.14 Å². The Balaban J connectivity index is 1.22. The van der Waals surface area contributed by atoms with Crippen molar-refractivity contribution in [2.75, 3.05) is 91.2 Å². The lowest BCUT2D eigenvalue weighted by molar-refractivity contribution is -0.00873. The first-order valence-electron chi connectivity index (χ1n) is 13.5. The van der Waals surface area contributed by atoms with Crippen molar-refractivity contribution in [2.45, 2.75) is 24.9 Å². The summed E-state index contributed by atoms with van der Waals surface area (Å²) in [5, 5.41) is 0.950. The third kappa shape index (κ3) is 6.95. The second-order valence-corrected chi connectivity index (χ2v) is 18.7. The van der Waals surface area contributed by atoms with E-state index in [9.17, 15) is 4.57 Å². The second kappa shape index (κ2) is 12.6. The maximum atomic E-state index is 14.5. The third-order valence-corrected chi connectivity index (χ3v) is 16.7. The van der Waals surface area contributed by atoms with E-state index in [4.69, 9.17) is 26.6 Å². The lowest BCUT2D eigenvalue weighted by atomic mass is 10.4. The molecule has 7 rings (SSSR count). The average molecular weight is 557 g/mol. The molecule has 4 bridgehead atoms. The van der Waals surface area contributed by atoms with Crippen LogP contribution in [0.25, 0.3) is 0 Å². The van der Waals surface area contributed by atoms with Crippen LogP contribution in [0.1, 0.15) is 12.8 Å². The zero-order chi connectivity index (χ0) is 24.7. The highest BCUT2D eigenvalue weighted by Crippen LogP contribution is 2.47. The molecule has 0 aliphatic carbocycles. The molecule has 6 saturated heterocycles. The van der Waals surface area contributed by atoms with Crippen LogP contribution in [0.4, 0.5) is 0 Å². The Labute approximate surface area is 217 Å². The number of benzene rings is 1. The fourth-order valence-corrected chi connectivity index (χ4v) is 13.9. The summed E-state index contributed by atoms with van der Waals surface area (Å²) in [6.07, 6.45) is 2.79. The van der Waals surface area contributed by atoms with Gasteiger partial charge in [0.25, 0.3) is 0 Å². The van der Waals surface area contributed by atoms with Crippen LogP contribution in [-0.4, -0.2) is 119 Å². The van der Waals surface area contributed by atoms with Crippen molar-refractivity contribution in [3.8, 4) is 0 Å². The molecular weight excluding hydrogens is 515 g/mol. The van der Waals surface area contributed by atoms with Crippen LogP contribution in [0.5, 0.6) is 0 Å². The summed E-state index contributed by atoms with van der Waals surface area (Å²) in [6.45, 7) is 9.46. The Hall–Kier alpha value is -0.436. The minimum Gasteiger partial charge on any atom is -0.372 e. The molecule has 6 fully saturated rings. The van der Waals surface area contributed by atoms with Gasteiger partial charge in [-0.1, -0.05) is 30.3 Å². The molecule has 0 radical (unpaired) electrons. The fourth-order valence-electron chi connectivity index (χ4n) is 5.51. The highest BCUT2D eigenvalue weighted by Gasteiger charge is 2.45. The normalized spacial score (nSPS) is 35.0. The van der Waals surface area contributed by atoms with E-state index < -0.39 is 24.8 Å². The molecule has 0 amide bonds. The number of fused-ring (bicyclic) bond motifs is 12. The van der Waals surface area contributed by atoms with Gasteiger partial charge in [-0.15, -0.1) is 0 Å². The average Bonchev–Trinajstić information content (AvgIpc) is 2.80. The molecule has 36 heavy (non-hydrogen) atoms. The Morgan fingerprint density at radius 2 is 0.972 bits per heavy atom. The number of hydrogen-bond acceptors (Lipinski definition) is 9. The first-order valence-corrected chi connectivity index (χ1v) is 19.5. The summed E-state index contributed by atoms with van der Waals surface area (Å²) in [7, 11) is -8.07. The molecule has 9 nitrogen and oxygen atoms in total. The molecular formula is C24H41N2O7PSi2. The Kier molecular flexibility index (Phi) is 9.51. The second-order valence-electron chi connectivity index (χ2n) is 10.0. The number of rotatable bonds is 9. The Morgan fingerprint density at radius 1 is 0.611 bits per heavy atom. The minimum absolute atomic E-state index is 0.625. The van der Waals surface area contributed by atoms with Crippen molar-refractivity contribution in [1.29, 1.82) is 0 Å². The molecule has 0 unspecified atom stereocenters. The summed E-state index contributed by atoms with van der Waals surface area (Å²) in [5.74, 6) is 0. The topological polar surface area (TPSA) is 78.9 Å². The first kappa shape index (κ1) is 27.1. The molecule has 0 N–H and O–H groups in total. The van der Waals surface area contributed by atoms with Gasteiger partial charge in [0, 0.05) is 69.0 Å². The van der Waals surface area contributed by atoms with Crippen molar-refractivity contribution in [2.24, 2.45) is 0 Å². The van der Waals surface area contributed by atoms with Crippen LogP contribution in [0.2, 0.25) is 12.1 Å². The Bertz CT molecular complexity index is 782. The van der Waals surface area contributed by atoms with Gasteiger partial charge in [0.1, 0.15) is 7.14 Å². The third-order valence-electron chi connectivity index (χ3n) is 7.61. The van der Waals surface area contributed by atoms with E-state index in [2.05, 4.69) is 9.80 Å². The van der Waals surface area contributed by atoms with Gasteiger partial charge < -0.3 is 31.1 Å². The smallest absolute Gasteiger partial charge is 0.372 e. The summed E-state index contributed by atoms with van der Waals surface area (Å²) < 4.78 is 51.7. The molecule has 1 aromatic carbocycles. The Morgan fingerprint density at radius 3 is 1.33 bits per heavy atom. The van der Waals surface area contributed by atoms with Crippen LogP contribution in [0.15, 0.2) is 30.3 Å². The summed E-state index contributed by atoms with van der Waals surface area (Å²) in [4.78, 5) is 4.65. The van der Waals surface area contributed by atoms with Gasteiger partial charge in [-0.3, -0.25) is 9.80 Å². The maximum absolute atomic E-state index is 14.5. The summed E-state index contributed by atoms with van der Waals surface area (Å²) >= 11 is 0. The number of nitrogens with zero attached hydrogens (tertiary/aromatic N) is 2.